The summed E-state index contributed by atoms with van der Waals surface area (Å²) in [5, 5.41) is 7.72. The number of carbonyl (C=O) groups excluding carboxylic acids is 4. The van der Waals surface area contributed by atoms with E-state index in [2.05, 4.69) is 16.0 Å². The van der Waals surface area contributed by atoms with Crippen molar-refractivity contribution in [3.05, 3.63) is 83.9 Å². The van der Waals surface area contributed by atoms with Crippen molar-refractivity contribution >= 4 is 35.4 Å². The predicted octanol–water partition coefficient (Wildman–Crippen LogP) is 5.69. The van der Waals surface area contributed by atoms with Gasteiger partial charge in [0.2, 0.25) is 0 Å². The highest BCUT2D eigenvalue weighted by atomic mass is 19.1. The maximum Gasteiger partial charge on any atom is 0.408 e. The Labute approximate surface area is 283 Å². The van der Waals surface area contributed by atoms with Gasteiger partial charge in [0, 0.05) is 6.07 Å². The van der Waals surface area contributed by atoms with Crippen molar-refractivity contribution in [1.82, 2.24) is 10.6 Å². The number of para-hydroxylation sites is 4. The molecule has 14 heteroatoms. The molecule has 0 radical (unpaired) electrons. The molecule has 0 unspecified atom stereocenters. The van der Waals surface area contributed by atoms with Gasteiger partial charge in [-0.2, -0.15) is 0 Å². The molecular weight excluding hydrogens is 642 g/mol. The molecule has 3 aromatic carbocycles. The maximum absolute atomic E-state index is 13.6. The van der Waals surface area contributed by atoms with Crippen molar-refractivity contribution in [3.63, 3.8) is 0 Å². The van der Waals surface area contributed by atoms with E-state index in [0.29, 0.717) is 22.9 Å². The van der Waals surface area contributed by atoms with Crippen LogP contribution in [-0.4, -0.2) is 60.5 Å². The molecule has 0 saturated heterocycles. The molecule has 49 heavy (non-hydrogen) atoms. The van der Waals surface area contributed by atoms with E-state index in [1.165, 1.54) is 4.90 Å². The average Bonchev–Trinajstić information content (AvgIpc) is 3.21. The van der Waals surface area contributed by atoms with Crippen molar-refractivity contribution < 1.29 is 46.9 Å². The van der Waals surface area contributed by atoms with E-state index in [-0.39, 0.29) is 31.2 Å². The van der Waals surface area contributed by atoms with Crippen LogP contribution in [0, 0.1) is 11.6 Å². The summed E-state index contributed by atoms with van der Waals surface area (Å²) in [5.41, 5.74) is -0.0551. The Morgan fingerprint density at radius 3 is 1.92 bits per heavy atom. The number of carbonyl (C=O) groups is 4. The third kappa shape index (κ3) is 10.8. The van der Waals surface area contributed by atoms with Crippen LogP contribution in [-0.2, 0) is 25.6 Å². The van der Waals surface area contributed by atoms with Crippen molar-refractivity contribution in [3.8, 4) is 11.5 Å². The molecule has 2 heterocycles. The number of hydrogen-bond acceptors (Lipinski definition) is 8. The zero-order chi connectivity index (χ0) is 35.9. The summed E-state index contributed by atoms with van der Waals surface area (Å²) in [6.45, 7) is 10.2. The summed E-state index contributed by atoms with van der Waals surface area (Å²) in [5.74, 6) is -1.29. The number of nitrogens with zero attached hydrogens (tertiary/aromatic N) is 1. The predicted molar refractivity (Wildman–Crippen MR) is 176 cm³/mol. The van der Waals surface area contributed by atoms with E-state index >= 15 is 0 Å². The average molecular weight is 683 g/mol. The maximum atomic E-state index is 13.6. The van der Waals surface area contributed by atoms with Crippen LogP contribution in [0.25, 0.3) is 0 Å². The first kappa shape index (κ1) is 36.4. The van der Waals surface area contributed by atoms with E-state index in [9.17, 15) is 28.0 Å². The van der Waals surface area contributed by atoms with Crippen LogP contribution in [0.3, 0.4) is 0 Å². The van der Waals surface area contributed by atoms with E-state index in [4.69, 9.17) is 18.9 Å². The number of hydrogen-bond donors (Lipinski definition) is 3. The monoisotopic (exact) mass is 682 g/mol. The first-order valence-electron chi connectivity index (χ1n) is 15.5. The van der Waals surface area contributed by atoms with Gasteiger partial charge in [-0.3, -0.25) is 9.59 Å². The normalized spacial score (nSPS) is 17.2. The Hall–Kier alpha value is -5.40. The molecule has 0 fully saturated rings. The van der Waals surface area contributed by atoms with Crippen LogP contribution in [0.4, 0.5) is 29.7 Å². The van der Waals surface area contributed by atoms with Gasteiger partial charge in [-0.25, -0.2) is 18.4 Å². The van der Waals surface area contributed by atoms with Crippen LogP contribution < -0.4 is 30.3 Å². The molecule has 3 N–H and O–H groups in total. The quantitative estimate of drug-likeness (QED) is 0.318. The third-order valence-electron chi connectivity index (χ3n) is 6.64. The van der Waals surface area contributed by atoms with Gasteiger partial charge in [0.25, 0.3) is 11.8 Å². The lowest BCUT2D eigenvalue weighted by Crippen LogP contribution is -2.51. The van der Waals surface area contributed by atoms with Gasteiger partial charge in [0.05, 0.1) is 17.9 Å². The third-order valence-corrected chi connectivity index (χ3v) is 6.64. The fourth-order valence-corrected chi connectivity index (χ4v) is 4.68. The van der Waals surface area contributed by atoms with Crippen LogP contribution >= 0.6 is 0 Å². The highest BCUT2D eigenvalue weighted by Crippen LogP contribution is 2.32. The largest absolute Gasteiger partial charge is 0.489 e. The Balaban J connectivity index is 0.000000237. The number of rotatable bonds is 4. The zero-order valence-electron chi connectivity index (χ0n) is 28.1. The molecule has 262 valence electrons. The Kier molecular flexibility index (Phi) is 11.3. The molecule has 0 saturated carbocycles. The molecule has 3 aromatic rings. The lowest BCUT2D eigenvalue weighted by Gasteiger charge is -2.26. The first-order chi connectivity index (χ1) is 23.0. The number of benzene rings is 3. The number of ether oxygens (including phenoxy) is 4. The van der Waals surface area contributed by atoms with E-state index in [0.717, 1.165) is 18.2 Å². The fourth-order valence-electron chi connectivity index (χ4n) is 4.68. The Morgan fingerprint density at radius 1 is 0.796 bits per heavy atom. The smallest absolute Gasteiger partial charge is 0.408 e. The standard InChI is InChI=1S/C21H22F2N2O4.C14H18N2O4/c1-21(2,3)29-20(27)24-16-12-28-18-7-5-4-6-17(18)25(19(16)26)11-13-8-14(22)10-15(23)9-13;1-14(2,3)20-13(18)16-10-8-19-11-7-5-4-6-9(11)15-12(10)17/h4-10,16H,11-12H2,1-3H3,(H,24,27);4-7,10H,8H2,1-3H3,(H,15,17)(H,16,18)/t16-;10-/m00/s1. The SMILES string of the molecule is CC(C)(C)OC(=O)N[C@H]1COc2ccccc2N(Cc2cc(F)cc(F)c2)C1=O.CC(C)(C)OC(=O)N[C@H]1COc2ccccc2NC1=O. The Bertz CT molecular complexity index is 1670. The molecule has 0 aliphatic carbocycles. The summed E-state index contributed by atoms with van der Waals surface area (Å²) >= 11 is 0. The van der Waals surface area contributed by atoms with Crippen LogP contribution in [0.15, 0.2) is 66.7 Å². The number of alkyl carbamates (subject to hydrolysis) is 2. The first-order valence-corrected chi connectivity index (χ1v) is 15.5. The molecule has 0 spiro atoms. The highest BCUT2D eigenvalue weighted by Gasteiger charge is 2.34. The Morgan fingerprint density at radius 2 is 1.31 bits per heavy atom. The number of halogens is 2. The summed E-state index contributed by atoms with van der Waals surface area (Å²) in [6.07, 6.45) is -1.41. The van der Waals surface area contributed by atoms with Crippen molar-refractivity contribution in [2.24, 2.45) is 0 Å². The molecule has 0 aromatic heterocycles. The van der Waals surface area contributed by atoms with E-state index in [1.54, 1.807) is 84.0 Å². The van der Waals surface area contributed by atoms with Gasteiger partial charge >= 0.3 is 12.2 Å². The summed E-state index contributed by atoms with van der Waals surface area (Å²) in [6, 6.07) is 15.1. The van der Waals surface area contributed by atoms with Gasteiger partial charge in [0.1, 0.15) is 59.6 Å². The van der Waals surface area contributed by atoms with Gasteiger partial charge in [-0.05, 0) is 83.5 Å². The second kappa shape index (κ2) is 15.2. The van der Waals surface area contributed by atoms with Crippen LogP contribution in [0.1, 0.15) is 47.1 Å². The number of fused-ring (bicyclic) bond motifs is 2. The topological polar surface area (TPSA) is 145 Å². The lowest BCUT2D eigenvalue weighted by molar-refractivity contribution is -0.121. The molecule has 2 aliphatic rings. The molecule has 5 rings (SSSR count). The fraction of sp³-hybridized carbons (Fsp3) is 0.371. The minimum absolute atomic E-state index is 0.0576. The summed E-state index contributed by atoms with van der Waals surface area (Å²) < 4.78 is 48.8. The van der Waals surface area contributed by atoms with Crippen molar-refractivity contribution in [2.75, 3.05) is 23.4 Å². The second-order valence-electron chi connectivity index (χ2n) is 13.2. The zero-order valence-corrected chi connectivity index (χ0v) is 28.1. The molecular formula is C35H40F2N4O8. The summed E-state index contributed by atoms with van der Waals surface area (Å²) in [4.78, 5) is 50.4. The molecule has 2 aliphatic heterocycles. The molecule has 2 atom stereocenters. The molecule has 0 bridgehead atoms. The van der Waals surface area contributed by atoms with Crippen LogP contribution in [0.2, 0.25) is 0 Å². The summed E-state index contributed by atoms with van der Waals surface area (Å²) in [7, 11) is 0. The van der Waals surface area contributed by atoms with Gasteiger partial charge in [-0.1, -0.05) is 24.3 Å². The number of nitrogens with one attached hydrogen (secondary N) is 3. The highest BCUT2D eigenvalue weighted by molar-refractivity contribution is 6.00. The van der Waals surface area contributed by atoms with Gasteiger partial charge < -0.3 is 39.8 Å². The second-order valence-corrected chi connectivity index (χ2v) is 13.2. The van der Waals surface area contributed by atoms with Crippen molar-refractivity contribution in [2.45, 2.75) is 71.4 Å². The van der Waals surface area contributed by atoms with Crippen molar-refractivity contribution in [1.29, 1.82) is 0 Å². The number of anilines is 2. The van der Waals surface area contributed by atoms with E-state index < -0.39 is 53.0 Å². The van der Waals surface area contributed by atoms with Crippen LogP contribution in [0.5, 0.6) is 11.5 Å². The van der Waals surface area contributed by atoms with Gasteiger partial charge in [0.15, 0.2) is 0 Å². The van der Waals surface area contributed by atoms with Gasteiger partial charge in [-0.15, -0.1) is 0 Å². The molecule has 12 nitrogen and oxygen atoms in total. The molecule has 4 amide bonds. The number of amides is 4. The lowest BCUT2D eigenvalue weighted by atomic mass is 10.1. The van der Waals surface area contributed by atoms with E-state index in [1.807, 2.05) is 6.07 Å². The minimum atomic E-state index is -1.03. The minimum Gasteiger partial charge on any atom is -0.489 e.